The number of fused-ring (bicyclic) bond motifs is 1. The number of thiophene rings is 1. The van der Waals surface area contributed by atoms with Crippen LogP contribution in [-0.4, -0.2) is 50.0 Å². The lowest BCUT2D eigenvalue weighted by Gasteiger charge is -2.39. The first kappa shape index (κ1) is 21.4. The molecular formula is C22H29N3O3S2. The number of nitrogens with zero attached hydrogens (tertiary/aromatic N) is 1. The molecule has 0 bridgehead atoms. The molecule has 1 aliphatic heterocycles. The molecule has 0 radical (unpaired) electrons. The summed E-state index contributed by atoms with van der Waals surface area (Å²) in [6.07, 6.45) is 3.42. The van der Waals surface area contributed by atoms with Gasteiger partial charge in [-0.15, -0.1) is 11.3 Å². The Balaban J connectivity index is 1.74. The second-order valence-corrected chi connectivity index (χ2v) is 11.6. The molecule has 3 aromatic rings. The first-order chi connectivity index (χ1) is 14.3. The van der Waals surface area contributed by atoms with E-state index >= 15 is 0 Å². The fourth-order valence-electron chi connectivity index (χ4n) is 4.16. The van der Waals surface area contributed by atoms with Gasteiger partial charge in [0.05, 0.1) is 11.1 Å². The molecule has 1 saturated heterocycles. The average Bonchev–Trinajstić information content (AvgIpc) is 3.34. The third-order valence-corrected chi connectivity index (χ3v) is 8.77. The van der Waals surface area contributed by atoms with Crippen molar-refractivity contribution in [2.24, 2.45) is 5.73 Å². The van der Waals surface area contributed by atoms with E-state index in [9.17, 15) is 13.9 Å². The largest absolute Gasteiger partial charge is 0.366 e. The maximum absolute atomic E-state index is 12.2. The standard InChI is InChI=1S/C22H29N3O3S2/c1-3-25(2)12-17-8-16(13-29-17)15-9-18-20(14-4-6-30(27,28)7-5-14)11-24-21(18)19(10-15)22(23)26/h8-11,13-14,24,27-28H,3-7,12H2,1-2H3,(H2,23,26). The van der Waals surface area contributed by atoms with E-state index in [0.717, 1.165) is 53.5 Å². The molecule has 6 nitrogen and oxygen atoms in total. The molecule has 5 N–H and O–H groups in total. The van der Waals surface area contributed by atoms with Gasteiger partial charge in [0.2, 0.25) is 0 Å². The van der Waals surface area contributed by atoms with Gasteiger partial charge in [-0.2, -0.15) is 10.6 Å². The molecule has 3 heterocycles. The van der Waals surface area contributed by atoms with E-state index in [2.05, 4.69) is 41.4 Å². The van der Waals surface area contributed by atoms with Crippen molar-refractivity contribution in [3.05, 3.63) is 45.8 Å². The summed E-state index contributed by atoms with van der Waals surface area (Å²) in [4.78, 5) is 19.0. The monoisotopic (exact) mass is 447 g/mol. The normalized spacial score (nSPS) is 18.2. The second kappa shape index (κ2) is 8.36. The van der Waals surface area contributed by atoms with Gasteiger partial charge in [-0.05, 0) is 72.6 Å². The van der Waals surface area contributed by atoms with Crippen molar-refractivity contribution in [3.63, 3.8) is 0 Å². The molecule has 1 aliphatic rings. The Morgan fingerprint density at radius 3 is 2.67 bits per heavy atom. The number of amides is 1. The summed E-state index contributed by atoms with van der Waals surface area (Å²) >= 11 is 1.72. The Kier molecular flexibility index (Phi) is 5.96. The van der Waals surface area contributed by atoms with Crippen molar-refractivity contribution in [2.45, 2.75) is 32.2 Å². The highest BCUT2D eigenvalue weighted by molar-refractivity contribution is 8.24. The third-order valence-electron chi connectivity index (χ3n) is 6.07. The predicted molar refractivity (Wildman–Crippen MR) is 127 cm³/mol. The fraction of sp³-hybridized carbons (Fsp3) is 0.409. The van der Waals surface area contributed by atoms with Crippen LogP contribution < -0.4 is 5.73 Å². The van der Waals surface area contributed by atoms with Gasteiger partial charge in [-0.3, -0.25) is 13.9 Å². The summed E-state index contributed by atoms with van der Waals surface area (Å²) in [5.74, 6) is 0.664. The molecule has 0 spiro atoms. The number of hydrogen-bond donors (Lipinski definition) is 4. The van der Waals surface area contributed by atoms with Crippen molar-refractivity contribution in [2.75, 3.05) is 25.1 Å². The molecular weight excluding hydrogens is 418 g/mol. The first-order valence-electron chi connectivity index (χ1n) is 10.2. The van der Waals surface area contributed by atoms with Crippen molar-refractivity contribution in [1.82, 2.24) is 9.88 Å². The molecule has 0 atom stereocenters. The number of nitrogens with one attached hydrogen (secondary N) is 1. The minimum atomic E-state index is -2.43. The van der Waals surface area contributed by atoms with Gasteiger partial charge >= 0.3 is 0 Å². The smallest absolute Gasteiger partial charge is 0.250 e. The number of aromatic nitrogens is 1. The maximum Gasteiger partial charge on any atom is 0.250 e. The second-order valence-electron chi connectivity index (χ2n) is 8.17. The number of primary amides is 1. The molecule has 162 valence electrons. The minimum Gasteiger partial charge on any atom is -0.366 e. The number of H-pyrrole nitrogens is 1. The van der Waals surface area contributed by atoms with E-state index in [1.54, 1.807) is 11.3 Å². The SMILES string of the molecule is CCN(C)Cc1cc(-c2cc(C(N)=O)c3[nH]cc(C4CCS(O)(O)CC4)c3c2)cs1. The summed E-state index contributed by atoms with van der Waals surface area (Å²) in [6.45, 7) is 4.03. The quantitative estimate of drug-likeness (QED) is 0.423. The average molecular weight is 448 g/mol. The molecule has 1 fully saturated rings. The molecule has 4 rings (SSSR count). The Hall–Kier alpha value is -1.84. The number of aromatic amines is 1. The van der Waals surface area contributed by atoms with Gasteiger partial charge in [-0.25, -0.2) is 0 Å². The lowest BCUT2D eigenvalue weighted by molar-refractivity contribution is 0.100. The van der Waals surface area contributed by atoms with E-state index in [-0.39, 0.29) is 5.92 Å². The van der Waals surface area contributed by atoms with E-state index in [1.165, 1.54) is 4.88 Å². The van der Waals surface area contributed by atoms with E-state index in [1.807, 2.05) is 12.3 Å². The highest BCUT2D eigenvalue weighted by Crippen LogP contribution is 2.49. The number of carbonyl (C=O) groups excluding carboxylic acids is 1. The Morgan fingerprint density at radius 2 is 2.00 bits per heavy atom. The van der Waals surface area contributed by atoms with Gasteiger partial charge < -0.3 is 15.6 Å². The summed E-state index contributed by atoms with van der Waals surface area (Å²) in [6, 6.07) is 6.19. The predicted octanol–water partition coefficient (Wildman–Crippen LogP) is 5.08. The number of hydrogen-bond acceptors (Lipinski definition) is 5. The molecule has 1 aromatic carbocycles. The number of carbonyl (C=O) groups is 1. The topological polar surface area (TPSA) is 103 Å². The van der Waals surface area contributed by atoms with Crippen LogP contribution in [0.2, 0.25) is 0 Å². The minimum absolute atomic E-state index is 0.242. The Bertz CT molecular complexity index is 1060. The van der Waals surface area contributed by atoms with Crippen LogP contribution in [0, 0.1) is 0 Å². The number of benzene rings is 1. The molecule has 0 saturated carbocycles. The molecule has 8 heteroatoms. The van der Waals surface area contributed by atoms with Gasteiger partial charge in [0.1, 0.15) is 0 Å². The van der Waals surface area contributed by atoms with Crippen LogP contribution in [0.1, 0.15) is 46.5 Å². The fourth-order valence-corrected chi connectivity index (χ4v) is 6.66. The number of rotatable bonds is 6. The van der Waals surface area contributed by atoms with E-state index in [0.29, 0.717) is 17.1 Å². The van der Waals surface area contributed by atoms with Crippen molar-refractivity contribution in [3.8, 4) is 11.1 Å². The molecule has 1 amide bonds. The van der Waals surface area contributed by atoms with Crippen molar-refractivity contribution >= 4 is 38.7 Å². The van der Waals surface area contributed by atoms with Gasteiger partial charge in [0.15, 0.2) is 0 Å². The van der Waals surface area contributed by atoms with Crippen LogP contribution in [0.15, 0.2) is 29.8 Å². The van der Waals surface area contributed by atoms with Crippen molar-refractivity contribution < 1.29 is 13.9 Å². The van der Waals surface area contributed by atoms with Crippen molar-refractivity contribution in [1.29, 1.82) is 0 Å². The van der Waals surface area contributed by atoms with E-state index in [4.69, 9.17) is 5.73 Å². The van der Waals surface area contributed by atoms with Crippen LogP contribution in [0.3, 0.4) is 0 Å². The summed E-state index contributed by atoms with van der Waals surface area (Å²) in [5.41, 5.74) is 10.2. The van der Waals surface area contributed by atoms with Crippen LogP contribution in [0.5, 0.6) is 0 Å². The zero-order chi connectivity index (χ0) is 21.5. The molecule has 30 heavy (non-hydrogen) atoms. The lowest BCUT2D eigenvalue weighted by atomic mass is 9.91. The summed E-state index contributed by atoms with van der Waals surface area (Å²) in [5, 5.41) is 3.13. The van der Waals surface area contributed by atoms with Gasteiger partial charge in [-0.1, -0.05) is 6.92 Å². The maximum atomic E-state index is 12.2. The van der Waals surface area contributed by atoms with Gasteiger partial charge in [0, 0.05) is 34.5 Å². The molecule has 0 unspecified atom stereocenters. The Morgan fingerprint density at radius 1 is 1.27 bits per heavy atom. The van der Waals surface area contributed by atoms with Crippen LogP contribution in [-0.2, 0) is 6.54 Å². The zero-order valence-electron chi connectivity index (χ0n) is 17.4. The zero-order valence-corrected chi connectivity index (χ0v) is 19.0. The lowest BCUT2D eigenvalue weighted by Crippen LogP contribution is -2.19. The summed E-state index contributed by atoms with van der Waals surface area (Å²) in [7, 11) is -0.330. The number of nitrogens with two attached hydrogens (primary N) is 1. The highest BCUT2D eigenvalue weighted by atomic mass is 32.3. The first-order valence-corrected chi connectivity index (χ1v) is 13.0. The summed E-state index contributed by atoms with van der Waals surface area (Å²) < 4.78 is 19.9. The van der Waals surface area contributed by atoms with Crippen LogP contribution in [0.4, 0.5) is 0 Å². The molecule has 2 aromatic heterocycles. The van der Waals surface area contributed by atoms with E-state index < -0.39 is 16.5 Å². The van der Waals surface area contributed by atoms with Crippen LogP contribution in [0.25, 0.3) is 22.0 Å². The molecule has 0 aliphatic carbocycles. The van der Waals surface area contributed by atoms with Gasteiger partial charge in [0.25, 0.3) is 5.91 Å². The third kappa shape index (κ3) is 4.29. The highest BCUT2D eigenvalue weighted by Gasteiger charge is 2.27. The Labute approximate surface area is 182 Å². The van der Waals surface area contributed by atoms with Crippen LogP contribution >= 0.6 is 21.9 Å².